The third-order valence-corrected chi connectivity index (χ3v) is 9.80. The van der Waals surface area contributed by atoms with Gasteiger partial charge in [0, 0.05) is 46.2 Å². The third-order valence-electron chi connectivity index (χ3n) is 8.92. The van der Waals surface area contributed by atoms with Crippen molar-refractivity contribution in [3.8, 4) is 0 Å². The normalized spacial score (nSPS) is 19.6. The number of nitrogens with zero attached hydrogens (tertiary/aromatic N) is 3. The number of allylic oxidation sites excluding steroid dienone is 3. The van der Waals surface area contributed by atoms with Crippen molar-refractivity contribution >= 4 is 45.5 Å². The molecular formula is C36H42BrN5O5. The van der Waals surface area contributed by atoms with Crippen LogP contribution in [0.15, 0.2) is 78.4 Å². The van der Waals surface area contributed by atoms with E-state index < -0.39 is 16.9 Å². The highest BCUT2D eigenvalue weighted by Crippen LogP contribution is 2.24. The number of unbranched alkanes of at least 4 members (excludes halogenated alkanes) is 1. The fourth-order valence-corrected chi connectivity index (χ4v) is 6.83. The van der Waals surface area contributed by atoms with E-state index in [0.29, 0.717) is 63.0 Å². The van der Waals surface area contributed by atoms with Crippen molar-refractivity contribution in [2.45, 2.75) is 62.0 Å². The van der Waals surface area contributed by atoms with Crippen LogP contribution in [0.2, 0.25) is 0 Å². The fourth-order valence-electron chi connectivity index (χ4n) is 6.37. The van der Waals surface area contributed by atoms with E-state index in [1.807, 2.05) is 36.4 Å². The van der Waals surface area contributed by atoms with Gasteiger partial charge in [-0.15, -0.1) is 0 Å². The molecule has 10 nitrogen and oxygen atoms in total. The molecule has 0 radical (unpaired) electrons. The zero-order valence-corrected chi connectivity index (χ0v) is 28.3. The Balaban J connectivity index is 1.23. The largest absolute Gasteiger partial charge is 0.357 e. The zero-order chi connectivity index (χ0) is 33.3. The van der Waals surface area contributed by atoms with Crippen molar-refractivity contribution in [1.82, 2.24) is 25.3 Å². The number of carbonyl (C=O) groups is 5. The lowest BCUT2D eigenvalue weighted by Gasteiger charge is -2.32. The Morgan fingerprint density at radius 2 is 1.62 bits per heavy atom. The van der Waals surface area contributed by atoms with E-state index in [9.17, 15) is 24.0 Å². The Morgan fingerprint density at radius 3 is 2.28 bits per heavy atom. The van der Waals surface area contributed by atoms with E-state index >= 15 is 0 Å². The molecule has 2 aliphatic heterocycles. The molecule has 2 heterocycles. The predicted octanol–water partition coefficient (Wildman–Crippen LogP) is 3.83. The maximum Gasteiger partial charge on any atom is 0.261 e. The van der Waals surface area contributed by atoms with Gasteiger partial charge in [0.05, 0.1) is 16.0 Å². The average molecular weight is 705 g/mol. The van der Waals surface area contributed by atoms with E-state index in [4.69, 9.17) is 0 Å². The summed E-state index contributed by atoms with van der Waals surface area (Å²) in [6.07, 6.45) is 10.0. The number of benzene rings is 2. The first-order valence-electron chi connectivity index (χ1n) is 16.3. The summed E-state index contributed by atoms with van der Waals surface area (Å²) >= 11 is 3.51. The van der Waals surface area contributed by atoms with Crippen LogP contribution in [0.1, 0.15) is 64.8 Å². The number of amides is 5. The molecule has 0 aromatic heterocycles. The van der Waals surface area contributed by atoms with Gasteiger partial charge in [-0.25, -0.2) is 0 Å². The molecule has 11 heteroatoms. The Bertz CT molecular complexity index is 1510. The minimum Gasteiger partial charge on any atom is -0.357 e. The molecule has 1 fully saturated rings. The summed E-state index contributed by atoms with van der Waals surface area (Å²) in [5.74, 6) is -1.42. The summed E-state index contributed by atoms with van der Waals surface area (Å²) in [6, 6.07) is 15.2. The summed E-state index contributed by atoms with van der Waals surface area (Å²) in [5, 5.41) is 5.72. The van der Waals surface area contributed by atoms with Crippen molar-refractivity contribution in [3.63, 3.8) is 0 Å². The molecule has 3 unspecified atom stereocenters. The van der Waals surface area contributed by atoms with Crippen LogP contribution in [0.5, 0.6) is 0 Å². The monoisotopic (exact) mass is 703 g/mol. The fraction of sp³-hybridized carbons (Fsp3) is 0.417. The second kappa shape index (κ2) is 16.1. The summed E-state index contributed by atoms with van der Waals surface area (Å²) in [5.41, 5.74) is 2.95. The first kappa shape index (κ1) is 34.3. The number of fused-ring (bicyclic) bond motifs is 1. The lowest BCUT2D eigenvalue weighted by Crippen LogP contribution is -2.56. The quantitative estimate of drug-likeness (QED) is 0.186. The van der Waals surface area contributed by atoms with E-state index in [-0.39, 0.29) is 36.1 Å². The lowest BCUT2D eigenvalue weighted by atomic mass is 9.98. The molecular weight excluding hydrogens is 662 g/mol. The molecule has 3 atom stereocenters. The van der Waals surface area contributed by atoms with Gasteiger partial charge in [-0.05, 0) is 49.0 Å². The van der Waals surface area contributed by atoms with Gasteiger partial charge >= 0.3 is 0 Å². The number of nitrogens with one attached hydrogen (secondary N) is 2. The van der Waals surface area contributed by atoms with E-state index in [0.717, 1.165) is 24.0 Å². The van der Waals surface area contributed by atoms with Crippen LogP contribution in [0.3, 0.4) is 0 Å². The highest BCUT2D eigenvalue weighted by atomic mass is 79.9. The SMILES string of the molecule is CNC(=O)C(CC1=CCCC=C1)N1CCN(Cc2ccccc2)CC(NC(=O)C(Br)CCCCN2C(=O)c3ccccc3C2=O)C1=O. The Labute approximate surface area is 284 Å². The third kappa shape index (κ3) is 8.44. The summed E-state index contributed by atoms with van der Waals surface area (Å²) < 4.78 is 0. The van der Waals surface area contributed by atoms with Crippen molar-refractivity contribution < 1.29 is 24.0 Å². The number of likely N-dealkylation sites (N-methyl/N-ethyl adjacent to an activating group) is 1. The van der Waals surface area contributed by atoms with Crippen LogP contribution in [0.25, 0.3) is 0 Å². The maximum atomic E-state index is 14.1. The molecule has 1 aliphatic carbocycles. The number of imide groups is 1. The molecule has 1 saturated heterocycles. The van der Waals surface area contributed by atoms with Gasteiger partial charge in [0.2, 0.25) is 17.7 Å². The molecule has 3 aliphatic rings. The molecule has 248 valence electrons. The molecule has 2 N–H and O–H groups in total. The summed E-state index contributed by atoms with van der Waals surface area (Å²) in [6.45, 7) is 2.07. The average Bonchev–Trinajstić information content (AvgIpc) is 3.23. The topological polar surface area (TPSA) is 119 Å². The number of hydrogen-bond acceptors (Lipinski definition) is 6. The highest BCUT2D eigenvalue weighted by Gasteiger charge is 2.39. The molecule has 5 rings (SSSR count). The van der Waals surface area contributed by atoms with Crippen molar-refractivity contribution in [3.05, 3.63) is 95.1 Å². The standard InChI is InChI=1S/C36H42BrN5O5/c1-38-33(44)31(22-25-12-4-2-5-13-25)41-21-20-40(23-26-14-6-3-7-15-26)24-30(36(41)47)39-32(43)29(37)18-10-11-19-42-34(45)27-16-8-9-17-28(27)35(42)46/h3-4,6-9,12-17,29-31H,2,5,10-11,18-24H2,1H3,(H,38,44)(H,39,43). The summed E-state index contributed by atoms with van der Waals surface area (Å²) in [4.78, 5) is 70.6. The van der Waals surface area contributed by atoms with Crippen LogP contribution in [-0.4, -0.2) is 94.4 Å². The van der Waals surface area contributed by atoms with Gasteiger partial charge in [0.1, 0.15) is 12.1 Å². The second-order valence-electron chi connectivity index (χ2n) is 12.2. The minimum atomic E-state index is -0.852. The van der Waals surface area contributed by atoms with Crippen molar-refractivity contribution in [2.75, 3.05) is 33.2 Å². The molecule has 0 spiro atoms. The van der Waals surface area contributed by atoms with E-state index in [1.54, 1.807) is 36.2 Å². The highest BCUT2D eigenvalue weighted by molar-refractivity contribution is 9.10. The van der Waals surface area contributed by atoms with Crippen LogP contribution in [-0.2, 0) is 20.9 Å². The predicted molar refractivity (Wildman–Crippen MR) is 183 cm³/mol. The molecule has 47 heavy (non-hydrogen) atoms. The Hall–Kier alpha value is -4.09. The molecule has 2 aromatic rings. The van der Waals surface area contributed by atoms with Gasteiger partial charge < -0.3 is 15.5 Å². The van der Waals surface area contributed by atoms with Crippen LogP contribution in [0.4, 0.5) is 0 Å². The first-order chi connectivity index (χ1) is 22.8. The van der Waals surface area contributed by atoms with Crippen molar-refractivity contribution in [1.29, 1.82) is 0 Å². The van der Waals surface area contributed by atoms with Gasteiger partial charge in [-0.3, -0.25) is 33.8 Å². The number of alkyl halides is 1. The smallest absolute Gasteiger partial charge is 0.261 e. The van der Waals surface area contributed by atoms with Crippen LogP contribution in [0, 0.1) is 0 Å². The number of rotatable bonds is 13. The van der Waals surface area contributed by atoms with Gasteiger partial charge in [0.25, 0.3) is 11.8 Å². The molecule has 2 aromatic carbocycles. The number of halogens is 1. The Morgan fingerprint density at radius 1 is 0.915 bits per heavy atom. The van der Waals surface area contributed by atoms with Gasteiger partial charge in [0.15, 0.2) is 0 Å². The van der Waals surface area contributed by atoms with E-state index in [2.05, 4.69) is 43.6 Å². The number of hydrogen-bond donors (Lipinski definition) is 2. The summed E-state index contributed by atoms with van der Waals surface area (Å²) in [7, 11) is 1.58. The molecule has 0 bridgehead atoms. The van der Waals surface area contributed by atoms with Crippen LogP contribution < -0.4 is 10.6 Å². The van der Waals surface area contributed by atoms with Gasteiger partial charge in [-0.1, -0.05) is 83.0 Å². The second-order valence-corrected chi connectivity index (χ2v) is 13.3. The molecule has 0 saturated carbocycles. The lowest BCUT2D eigenvalue weighted by molar-refractivity contribution is -0.142. The zero-order valence-electron chi connectivity index (χ0n) is 26.7. The maximum absolute atomic E-state index is 14.1. The first-order valence-corrected chi connectivity index (χ1v) is 17.2. The van der Waals surface area contributed by atoms with E-state index in [1.165, 1.54) is 4.90 Å². The Kier molecular flexibility index (Phi) is 11.8. The number of carbonyl (C=O) groups excluding carboxylic acids is 5. The van der Waals surface area contributed by atoms with Crippen LogP contribution >= 0.6 is 15.9 Å². The van der Waals surface area contributed by atoms with Crippen molar-refractivity contribution in [2.24, 2.45) is 0 Å². The molecule has 5 amide bonds. The van der Waals surface area contributed by atoms with Gasteiger partial charge in [-0.2, -0.15) is 0 Å². The minimum absolute atomic E-state index is 0.240.